The van der Waals surface area contributed by atoms with Crippen LogP contribution in [-0.2, 0) is 0 Å². The molecule has 25 heavy (non-hydrogen) atoms. The predicted molar refractivity (Wildman–Crippen MR) is 99.1 cm³/mol. The molecule has 2 aliphatic rings. The van der Waals surface area contributed by atoms with Crippen molar-refractivity contribution in [1.82, 2.24) is 0 Å². The van der Waals surface area contributed by atoms with Gasteiger partial charge in [-0.05, 0) is 98.8 Å². The third kappa shape index (κ3) is 4.96. The lowest BCUT2D eigenvalue weighted by molar-refractivity contribution is 0.171. The summed E-state index contributed by atoms with van der Waals surface area (Å²) in [5.74, 6) is 8.06. The van der Waals surface area contributed by atoms with E-state index in [9.17, 15) is 4.39 Å². The van der Waals surface area contributed by atoms with Gasteiger partial charge in [-0.15, -0.1) is 0 Å². The minimum Gasteiger partial charge on any atom is -0.207 e. The highest BCUT2D eigenvalue weighted by atomic mass is 19.1. The number of nitriles is 1. The molecule has 0 spiro atoms. The first kappa shape index (κ1) is 17.8. The van der Waals surface area contributed by atoms with Crippen LogP contribution in [0.25, 0.3) is 0 Å². The van der Waals surface area contributed by atoms with Crippen molar-refractivity contribution in [3.05, 3.63) is 47.8 Å². The lowest BCUT2D eigenvalue weighted by Gasteiger charge is -2.37. The summed E-state index contributed by atoms with van der Waals surface area (Å²) in [7, 11) is 0. The Morgan fingerprint density at radius 3 is 2.08 bits per heavy atom. The molecular formula is C23H26FN. The lowest BCUT2D eigenvalue weighted by Crippen LogP contribution is -2.25. The van der Waals surface area contributed by atoms with Crippen LogP contribution in [-0.4, -0.2) is 0 Å². The standard InChI is InChI=1S/C23H26FN/c24-23-15-13-22(14-16-23)21-11-9-20(10-12-21)19-7-5-18(6-8-19)4-2-1-3-17-25/h2,4,13-16,18-21H,5-12H2/b4-2+/t18-,19-,20-,21-. The first-order valence-corrected chi connectivity index (χ1v) is 9.58. The Labute approximate surface area is 150 Å². The Hall–Kier alpha value is -2.06. The maximum Gasteiger partial charge on any atom is 0.152 e. The van der Waals surface area contributed by atoms with Crippen molar-refractivity contribution in [2.75, 3.05) is 0 Å². The van der Waals surface area contributed by atoms with E-state index in [0.717, 1.165) is 11.8 Å². The van der Waals surface area contributed by atoms with E-state index in [2.05, 4.69) is 17.9 Å². The van der Waals surface area contributed by atoms with Crippen molar-refractivity contribution in [2.24, 2.45) is 17.8 Å². The molecule has 0 saturated heterocycles. The molecule has 1 nitrogen and oxygen atoms in total. The summed E-state index contributed by atoms with van der Waals surface area (Å²) >= 11 is 0. The number of halogens is 1. The van der Waals surface area contributed by atoms with E-state index in [4.69, 9.17) is 5.26 Å². The fourth-order valence-corrected chi connectivity index (χ4v) is 4.73. The Balaban J connectivity index is 1.44. The zero-order valence-electron chi connectivity index (χ0n) is 14.8. The van der Waals surface area contributed by atoms with Crippen molar-refractivity contribution in [3.8, 4) is 17.9 Å². The van der Waals surface area contributed by atoms with E-state index in [0.29, 0.717) is 11.8 Å². The van der Waals surface area contributed by atoms with Gasteiger partial charge in [0.2, 0.25) is 0 Å². The summed E-state index contributed by atoms with van der Waals surface area (Å²) in [6.07, 6.45) is 14.3. The minimum atomic E-state index is -0.137. The molecule has 0 heterocycles. The fourth-order valence-electron chi connectivity index (χ4n) is 4.73. The predicted octanol–water partition coefficient (Wildman–Crippen LogP) is 5.99. The highest BCUT2D eigenvalue weighted by Crippen LogP contribution is 2.44. The van der Waals surface area contributed by atoms with Crippen LogP contribution >= 0.6 is 0 Å². The summed E-state index contributed by atoms with van der Waals surface area (Å²) in [5.41, 5.74) is 1.31. The number of benzene rings is 1. The van der Waals surface area contributed by atoms with Crippen LogP contribution in [0.4, 0.5) is 4.39 Å². The second-order valence-corrected chi connectivity index (χ2v) is 7.58. The second kappa shape index (κ2) is 8.87. The molecule has 1 aromatic carbocycles. The number of hydrogen-bond acceptors (Lipinski definition) is 1. The van der Waals surface area contributed by atoms with E-state index in [1.165, 1.54) is 56.9 Å². The first-order valence-electron chi connectivity index (χ1n) is 9.58. The van der Waals surface area contributed by atoms with Gasteiger partial charge in [-0.1, -0.05) is 24.1 Å². The molecule has 0 aromatic heterocycles. The van der Waals surface area contributed by atoms with E-state index in [1.54, 1.807) is 12.1 Å². The molecule has 0 aliphatic heterocycles. The van der Waals surface area contributed by atoms with Gasteiger partial charge in [-0.3, -0.25) is 0 Å². The van der Waals surface area contributed by atoms with Crippen LogP contribution in [0.1, 0.15) is 62.8 Å². The van der Waals surface area contributed by atoms with E-state index in [1.807, 2.05) is 24.3 Å². The van der Waals surface area contributed by atoms with Gasteiger partial charge >= 0.3 is 0 Å². The number of nitrogens with zero attached hydrogens (tertiary/aromatic N) is 1. The van der Waals surface area contributed by atoms with Gasteiger partial charge in [0, 0.05) is 5.92 Å². The summed E-state index contributed by atoms with van der Waals surface area (Å²) in [5, 5.41) is 8.41. The molecule has 0 amide bonds. The third-order valence-electron chi connectivity index (χ3n) is 6.18. The van der Waals surface area contributed by atoms with Gasteiger partial charge in [0.25, 0.3) is 0 Å². The topological polar surface area (TPSA) is 23.8 Å². The van der Waals surface area contributed by atoms with Crippen molar-refractivity contribution in [2.45, 2.75) is 57.3 Å². The molecule has 1 aromatic rings. The van der Waals surface area contributed by atoms with Gasteiger partial charge in [0.15, 0.2) is 6.07 Å². The van der Waals surface area contributed by atoms with Crippen LogP contribution in [0, 0.1) is 46.7 Å². The Bertz CT molecular complexity index is 670. The van der Waals surface area contributed by atoms with Gasteiger partial charge < -0.3 is 0 Å². The molecular weight excluding hydrogens is 309 g/mol. The van der Waals surface area contributed by atoms with E-state index >= 15 is 0 Å². The number of hydrogen-bond donors (Lipinski definition) is 0. The SMILES string of the molecule is N#CC#C/C=C/[C@H]1CC[C@H]([C@H]2CC[C@H](c3ccc(F)cc3)CC2)CC1. The van der Waals surface area contributed by atoms with Gasteiger partial charge in [0.1, 0.15) is 5.82 Å². The van der Waals surface area contributed by atoms with Crippen molar-refractivity contribution in [1.29, 1.82) is 5.26 Å². The third-order valence-corrected chi connectivity index (χ3v) is 6.18. The zero-order chi connectivity index (χ0) is 17.5. The van der Waals surface area contributed by atoms with Gasteiger partial charge in [0.05, 0.1) is 0 Å². The number of allylic oxidation sites excluding steroid dienone is 2. The Morgan fingerprint density at radius 2 is 1.48 bits per heavy atom. The smallest absolute Gasteiger partial charge is 0.152 e. The van der Waals surface area contributed by atoms with E-state index in [-0.39, 0.29) is 5.82 Å². The quantitative estimate of drug-likeness (QED) is 0.622. The summed E-state index contributed by atoms with van der Waals surface area (Å²) in [4.78, 5) is 0. The minimum absolute atomic E-state index is 0.137. The normalized spacial score (nSPS) is 29.6. The molecule has 0 atom stereocenters. The van der Waals surface area contributed by atoms with Crippen LogP contribution in [0.15, 0.2) is 36.4 Å². The lowest BCUT2D eigenvalue weighted by atomic mass is 9.68. The molecule has 3 rings (SSSR count). The maximum atomic E-state index is 13.1. The molecule has 0 bridgehead atoms. The molecule has 2 fully saturated rings. The van der Waals surface area contributed by atoms with Crippen molar-refractivity contribution in [3.63, 3.8) is 0 Å². The molecule has 2 aliphatic carbocycles. The monoisotopic (exact) mass is 335 g/mol. The molecule has 0 N–H and O–H groups in total. The van der Waals surface area contributed by atoms with E-state index < -0.39 is 0 Å². The average molecular weight is 335 g/mol. The number of rotatable bonds is 3. The average Bonchev–Trinajstić information content (AvgIpc) is 2.67. The second-order valence-electron chi connectivity index (χ2n) is 7.58. The summed E-state index contributed by atoms with van der Waals surface area (Å²) < 4.78 is 13.1. The Kier molecular flexibility index (Phi) is 6.30. The molecule has 2 saturated carbocycles. The van der Waals surface area contributed by atoms with Crippen LogP contribution in [0.3, 0.4) is 0 Å². The van der Waals surface area contributed by atoms with Gasteiger partial charge in [-0.2, -0.15) is 5.26 Å². The van der Waals surface area contributed by atoms with Crippen LogP contribution < -0.4 is 0 Å². The highest BCUT2D eigenvalue weighted by Gasteiger charge is 2.30. The first-order chi connectivity index (χ1) is 12.3. The summed E-state index contributed by atoms with van der Waals surface area (Å²) in [6.45, 7) is 0. The summed E-state index contributed by atoms with van der Waals surface area (Å²) in [6, 6.07) is 8.96. The van der Waals surface area contributed by atoms with Crippen molar-refractivity contribution < 1.29 is 4.39 Å². The largest absolute Gasteiger partial charge is 0.207 e. The Morgan fingerprint density at radius 1 is 0.880 bits per heavy atom. The zero-order valence-corrected chi connectivity index (χ0v) is 14.8. The van der Waals surface area contributed by atoms with Crippen LogP contribution in [0.2, 0.25) is 0 Å². The molecule has 130 valence electrons. The molecule has 0 radical (unpaired) electrons. The fraction of sp³-hybridized carbons (Fsp3) is 0.522. The molecule has 2 heteroatoms. The van der Waals surface area contributed by atoms with Crippen molar-refractivity contribution >= 4 is 0 Å². The highest BCUT2D eigenvalue weighted by molar-refractivity contribution is 5.25. The van der Waals surface area contributed by atoms with Gasteiger partial charge in [-0.25, -0.2) is 4.39 Å². The van der Waals surface area contributed by atoms with Crippen LogP contribution in [0.5, 0.6) is 0 Å². The molecule has 0 unspecified atom stereocenters. The maximum absolute atomic E-state index is 13.1.